The van der Waals surface area contributed by atoms with Crippen LogP contribution in [0.5, 0.6) is 0 Å². The van der Waals surface area contributed by atoms with E-state index in [-0.39, 0.29) is 23.8 Å². The number of carbonyl (C=O) groups excluding carboxylic acids is 2. The van der Waals surface area contributed by atoms with Gasteiger partial charge in [-0.1, -0.05) is 52.4 Å². The first-order valence-electron chi connectivity index (χ1n) is 8.73. The summed E-state index contributed by atoms with van der Waals surface area (Å²) in [5, 5.41) is 2.95. The SMILES string of the molecule is CCC(C)C1NC(=O)CCN(C2CCCCCCC2)C1=O. The van der Waals surface area contributed by atoms with Crippen LogP contribution in [0, 0.1) is 5.92 Å². The monoisotopic (exact) mass is 294 g/mol. The summed E-state index contributed by atoms with van der Waals surface area (Å²) in [5.41, 5.74) is 0. The molecule has 0 radical (unpaired) electrons. The fourth-order valence-corrected chi connectivity index (χ4v) is 3.55. The van der Waals surface area contributed by atoms with Gasteiger partial charge in [-0.25, -0.2) is 0 Å². The average Bonchev–Trinajstić information content (AvgIpc) is 2.58. The summed E-state index contributed by atoms with van der Waals surface area (Å²) in [5.74, 6) is 0.387. The van der Waals surface area contributed by atoms with Crippen molar-refractivity contribution in [3.63, 3.8) is 0 Å². The number of nitrogens with zero attached hydrogens (tertiary/aromatic N) is 1. The molecule has 1 heterocycles. The summed E-state index contributed by atoms with van der Waals surface area (Å²) in [7, 11) is 0. The van der Waals surface area contributed by atoms with Crippen LogP contribution in [0.2, 0.25) is 0 Å². The molecule has 2 fully saturated rings. The largest absolute Gasteiger partial charge is 0.344 e. The zero-order valence-corrected chi connectivity index (χ0v) is 13.6. The van der Waals surface area contributed by atoms with Gasteiger partial charge in [-0.05, 0) is 18.8 Å². The molecule has 4 heteroatoms. The van der Waals surface area contributed by atoms with Crippen molar-refractivity contribution in [1.29, 1.82) is 0 Å². The van der Waals surface area contributed by atoms with E-state index in [1.165, 1.54) is 32.1 Å². The summed E-state index contributed by atoms with van der Waals surface area (Å²) < 4.78 is 0. The molecule has 2 amide bonds. The minimum Gasteiger partial charge on any atom is -0.344 e. The molecule has 2 atom stereocenters. The van der Waals surface area contributed by atoms with Gasteiger partial charge in [0, 0.05) is 19.0 Å². The zero-order valence-electron chi connectivity index (χ0n) is 13.6. The second kappa shape index (κ2) is 7.81. The maximum atomic E-state index is 12.9. The maximum absolute atomic E-state index is 12.9. The van der Waals surface area contributed by atoms with E-state index < -0.39 is 0 Å². The zero-order chi connectivity index (χ0) is 15.2. The van der Waals surface area contributed by atoms with Gasteiger partial charge in [0.05, 0.1) is 0 Å². The molecule has 0 aromatic rings. The van der Waals surface area contributed by atoms with Gasteiger partial charge in [0.25, 0.3) is 0 Å². The highest BCUT2D eigenvalue weighted by Gasteiger charge is 2.35. The van der Waals surface area contributed by atoms with Gasteiger partial charge in [0.15, 0.2) is 0 Å². The maximum Gasteiger partial charge on any atom is 0.245 e. The Kier molecular flexibility index (Phi) is 6.07. The van der Waals surface area contributed by atoms with Crippen molar-refractivity contribution in [2.24, 2.45) is 5.92 Å². The molecule has 1 aliphatic heterocycles. The second-order valence-electron chi connectivity index (χ2n) is 6.71. The normalized spacial score (nSPS) is 27.5. The molecule has 0 aromatic carbocycles. The number of hydrogen-bond donors (Lipinski definition) is 1. The van der Waals surface area contributed by atoms with E-state index in [0.717, 1.165) is 19.3 Å². The molecule has 0 bridgehead atoms. The van der Waals surface area contributed by atoms with Gasteiger partial charge in [0.1, 0.15) is 6.04 Å². The van der Waals surface area contributed by atoms with Crippen molar-refractivity contribution < 1.29 is 9.59 Å². The molecule has 2 aliphatic rings. The summed E-state index contributed by atoms with van der Waals surface area (Å²) in [4.78, 5) is 26.8. The van der Waals surface area contributed by atoms with Gasteiger partial charge in [-0.2, -0.15) is 0 Å². The quantitative estimate of drug-likeness (QED) is 0.870. The van der Waals surface area contributed by atoms with Gasteiger partial charge in [-0.3, -0.25) is 9.59 Å². The Morgan fingerprint density at radius 2 is 1.76 bits per heavy atom. The Morgan fingerprint density at radius 3 is 2.38 bits per heavy atom. The summed E-state index contributed by atoms with van der Waals surface area (Å²) in [6.45, 7) is 4.74. The highest BCUT2D eigenvalue weighted by atomic mass is 16.2. The lowest BCUT2D eigenvalue weighted by molar-refractivity contribution is -0.137. The third kappa shape index (κ3) is 4.21. The smallest absolute Gasteiger partial charge is 0.245 e. The van der Waals surface area contributed by atoms with E-state index in [1.54, 1.807) is 0 Å². The van der Waals surface area contributed by atoms with Crippen LogP contribution in [0.25, 0.3) is 0 Å². The fourth-order valence-electron chi connectivity index (χ4n) is 3.55. The van der Waals surface area contributed by atoms with Gasteiger partial charge in [0.2, 0.25) is 11.8 Å². The Morgan fingerprint density at radius 1 is 1.14 bits per heavy atom. The number of rotatable bonds is 3. The van der Waals surface area contributed by atoms with E-state index in [4.69, 9.17) is 0 Å². The highest BCUT2D eigenvalue weighted by molar-refractivity contribution is 5.90. The highest BCUT2D eigenvalue weighted by Crippen LogP contribution is 2.24. The number of nitrogens with one attached hydrogen (secondary N) is 1. The first-order chi connectivity index (χ1) is 10.1. The van der Waals surface area contributed by atoms with Gasteiger partial charge >= 0.3 is 0 Å². The first kappa shape index (κ1) is 16.3. The van der Waals surface area contributed by atoms with E-state index in [2.05, 4.69) is 19.2 Å². The molecule has 2 rings (SSSR count). The first-order valence-corrected chi connectivity index (χ1v) is 8.73. The number of hydrogen-bond acceptors (Lipinski definition) is 2. The average molecular weight is 294 g/mol. The van der Waals surface area contributed by atoms with Crippen LogP contribution in [-0.2, 0) is 9.59 Å². The van der Waals surface area contributed by atoms with Gasteiger partial charge in [-0.15, -0.1) is 0 Å². The van der Waals surface area contributed by atoms with Crippen LogP contribution in [0.4, 0.5) is 0 Å². The Bertz CT molecular complexity index is 362. The standard InChI is InChI=1S/C17H30N2O2/c1-3-13(2)16-17(21)19(12-11-15(20)18-16)14-9-7-5-4-6-8-10-14/h13-14,16H,3-12H2,1-2H3,(H,18,20). The lowest BCUT2D eigenvalue weighted by atomic mass is 9.93. The van der Waals surface area contributed by atoms with E-state index in [0.29, 0.717) is 19.0 Å². The van der Waals surface area contributed by atoms with Crippen molar-refractivity contribution in [3.05, 3.63) is 0 Å². The Hall–Kier alpha value is -1.06. The summed E-state index contributed by atoms with van der Waals surface area (Å²) in [6, 6.07) is 0.0208. The van der Waals surface area contributed by atoms with Crippen LogP contribution < -0.4 is 5.32 Å². The van der Waals surface area contributed by atoms with Crippen LogP contribution in [0.3, 0.4) is 0 Å². The van der Waals surface area contributed by atoms with Crippen molar-refractivity contribution in [2.75, 3.05) is 6.54 Å². The van der Waals surface area contributed by atoms with Crippen molar-refractivity contribution in [3.8, 4) is 0 Å². The van der Waals surface area contributed by atoms with Crippen LogP contribution >= 0.6 is 0 Å². The van der Waals surface area contributed by atoms with Crippen molar-refractivity contribution >= 4 is 11.8 Å². The molecule has 2 unspecified atom stereocenters. The molecule has 120 valence electrons. The molecule has 1 saturated carbocycles. The molecule has 0 aromatic heterocycles. The van der Waals surface area contributed by atoms with E-state index >= 15 is 0 Å². The van der Waals surface area contributed by atoms with E-state index in [1.807, 2.05) is 4.90 Å². The molecule has 1 N–H and O–H groups in total. The lowest BCUT2D eigenvalue weighted by Gasteiger charge is -2.34. The fraction of sp³-hybridized carbons (Fsp3) is 0.882. The van der Waals surface area contributed by atoms with Crippen molar-refractivity contribution in [2.45, 2.75) is 83.7 Å². The lowest BCUT2D eigenvalue weighted by Crippen LogP contribution is -2.51. The van der Waals surface area contributed by atoms with Crippen LogP contribution in [-0.4, -0.2) is 35.3 Å². The topological polar surface area (TPSA) is 49.4 Å². The van der Waals surface area contributed by atoms with Crippen molar-refractivity contribution in [1.82, 2.24) is 10.2 Å². The Labute approximate surface area is 128 Å². The molecule has 0 spiro atoms. The molecule has 1 aliphatic carbocycles. The molecule has 1 saturated heterocycles. The van der Waals surface area contributed by atoms with Gasteiger partial charge < -0.3 is 10.2 Å². The molecule has 4 nitrogen and oxygen atoms in total. The molecular weight excluding hydrogens is 264 g/mol. The molecule has 21 heavy (non-hydrogen) atoms. The minimum atomic E-state index is -0.324. The van der Waals surface area contributed by atoms with Crippen LogP contribution in [0.15, 0.2) is 0 Å². The second-order valence-corrected chi connectivity index (χ2v) is 6.71. The number of amides is 2. The molecular formula is C17H30N2O2. The third-order valence-electron chi connectivity index (χ3n) is 5.17. The summed E-state index contributed by atoms with van der Waals surface area (Å²) in [6.07, 6.45) is 9.89. The number of carbonyl (C=O) groups is 2. The summed E-state index contributed by atoms with van der Waals surface area (Å²) >= 11 is 0. The predicted octanol–water partition coefficient (Wildman–Crippen LogP) is 2.86. The van der Waals surface area contributed by atoms with Crippen LogP contribution in [0.1, 0.15) is 71.6 Å². The van der Waals surface area contributed by atoms with E-state index in [9.17, 15) is 9.59 Å². The third-order valence-corrected chi connectivity index (χ3v) is 5.17. The Balaban J connectivity index is 2.11. The minimum absolute atomic E-state index is 0.0296. The predicted molar refractivity (Wildman–Crippen MR) is 83.8 cm³/mol.